The van der Waals surface area contributed by atoms with Crippen molar-refractivity contribution in [2.75, 3.05) is 6.67 Å². The maximum absolute atomic E-state index is 13.4. The Kier molecular flexibility index (Phi) is 4.01. The molecule has 7 heteroatoms. The second-order valence-electron chi connectivity index (χ2n) is 3.36. The van der Waals surface area contributed by atoms with Crippen molar-refractivity contribution in [1.29, 1.82) is 0 Å². The van der Waals surface area contributed by atoms with E-state index in [9.17, 15) is 4.39 Å². The molecule has 0 amide bonds. The first kappa shape index (κ1) is 12.1. The highest BCUT2D eigenvalue weighted by Crippen LogP contribution is 2.18. The summed E-state index contributed by atoms with van der Waals surface area (Å²) in [4.78, 5) is 0. The molecular formula is C9H12ClFN4S. The molecule has 1 fully saturated rings. The number of thiol groups is 1. The van der Waals surface area contributed by atoms with Crippen molar-refractivity contribution >= 4 is 24.2 Å². The molecule has 1 unspecified atom stereocenters. The largest absolute Gasteiger partial charge is 0.247 e. The smallest absolute Gasteiger partial charge is 0.132 e. The predicted octanol–water partition coefficient (Wildman–Crippen LogP) is 1.06. The summed E-state index contributed by atoms with van der Waals surface area (Å²) in [5.41, 5.74) is 9.13. The van der Waals surface area contributed by atoms with Gasteiger partial charge in [0.2, 0.25) is 0 Å². The van der Waals surface area contributed by atoms with Gasteiger partial charge in [-0.3, -0.25) is 0 Å². The van der Waals surface area contributed by atoms with Crippen molar-refractivity contribution in [3.63, 3.8) is 0 Å². The Balaban J connectivity index is 1.99. The van der Waals surface area contributed by atoms with Crippen molar-refractivity contribution in [2.45, 2.75) is 12.0 Å². The lowest BCUT2D eigenvalue weighted by Crippen LogP contribution is -2.41. The Labute approximate surface area is 103 Å². The quantitative estimate of drug-likeness (QED) is 0.615. The number of halogens is 2. The molecule has 1 aromatic carbocycles. The molecule has 1 saturated heterocycles. The summed E-state index contributed by atoms with van der Waals surface area (Å²) in [5.74, 6) is -0.309. The summed E-state index contributed by atoms with van der Waals surface area (Å²) >= 11 is 10.2. The van der Waals surface area contributed by atoms with Crippen LogP contribution in [0.2, 0.25) is 5.02 Å². The van der Waals surface area contributed by atoms with Crippen molar-refractivity contribution in [1.82, 2.24) is 21.3 Å². The summed E-state index contributed by atoms with van der Waals surface area (Å²) in [5, 5.41) is 2.22. The molecule has 0 saturated carbocycles. The second-order valence-corrected chi connectivity index (χ2v) is 4.25. The van der Waals surface area contributed by atoms with Crippen LogP contribution in [-0.2, 0) is 6.54 Å². The van der Waals surface area contributed by atoms with Crippen LogP contribution in [-0.4, -0.2) is 17.2 Å². The molecule has 4 nitrogen and oxygen atoms in total. The summed E-state index contributed by atoms with van der Waals surface area (Å²) in [7, 11) is 0. The summed E-state index contributed by atoms with van der Waals surface area (Å²) in [6.07, 6.45) is 0. The number of rotatable bonds is 3. The first-order valence-electron chi connectivity index (χ1n) is 4.78. The monoisotopic (exact) mass is 262 g/mol. The zero-order valence-electron chi connectivity index (χ0n) is 8.37. The first-order valence-corrected chi connectivity index (χ1v) is 5.67. The van der Waals surface area contributed by atoms with Gasteiger partial charge in [-0.15, -0.1) is 12.6 Å². The van der Waals surface area contributed by atoms with E-state index in [0.717, 1.165) is 0 Å². The van der Waals surface area contributed by atoms with E-state index in [1.54, 1.807) is 17.1 Å². The number of nitrogens with one attached hydrogen (secondary N) is 3. The molecule has 0 radical (unpaired) electrons. The fraction of sp³-hybridized carbons (Fsp3) is 0.333. The van der Waals surface area contributed by atoms with E-state index in [0.29, 0.717) is 23.8 Å². The number of hydrogen-bond donors (Lipinski definition) is 4. The molecule has 1 aromatic rings. The van der Waals surface area contributed by atoms with Crippen molar-refractivity contribution in [3.8, 4) is 0 Å². The maximum atomic E-state index is 13.4. The average Bonchev–Trinajstić information content (AvgIpc) is 2.64. The summed E-state index contributed by atoms with van der Waals surface area (Å²) in [6, 6.07) is 4.64. The molecule has 1 aliphatic rings. The molecule has 0 spiro atoms. The fourth-order valence-electron chi connectivity index (χ4n) is 1.41. The number of hydrogen-bond acceptors (Lipinski definition) is 5. The lowest BCUT2D eigenvalue weighted by Gasteiger charge is -2.19. The minimum Gasteiger partial charge on any atom is -0.247 e. The van der Waals surface area contributed by atoms with Crippen molar-refractivity contribution in [2.24, 2.45) is 0 Å². The number of nitrogens with zero attached hydrogens (tertiary/aromatic N) is 1. The third-order valence-corrected chi connectivity index (χ3v) is 3.06. The van der Waals surface area contributed by atoms with Crippen LogP contribution in [0, 0.1) is 5.82 Å². The second kappa shape index (κ2) is 5.31. The van der Waals surface area contributed by atoms with E-state index in [2.05, 4.69) is 28.9 Å². The maximum Gasteiger partial charge on any atom is 0.132 e. The minimum absolute atomic E-state index is 0.148. The Bertz CT molecular complexity index is 358. The van der Waals surface area contributed by atoms with Gasteiger partial charge >= 0.3 is 0 Å². The molecule has 0 aromatic heterocycles. The SMILES string of the molecule is Fc1cccc(Cl)c1CNN1CNNC1S. The van der Waals surface area contributed by atoms with Gasteiger partial charge in [-0.25, -0.2) is 25.7 Å². The van der Waals surface area contributed by atoms with Crippen LogP contribution in [0.5, 0.6) is 0 Å². The van der Waals surface area contributed by atoms with Crippen molar-refractivity contribution < 1.29 is 4.39 Å². The van der Waals surface area contributed by atoms with Crippen LogP contribution in [0.4, 0.5) is 4.39 Å². The van der Waals surface area contributed by atoms with Gasteiger partial charge in [-0.05, 0) is 12.1 Å². The molecule has 88 valence electrons. The third kappa shape index (κ3) is 2.65. The van der Waals surface area contributed by atoms with Gasteiger partial charge in [0.15, 0.2) is 0 Å². The van der Waals surface area contributed by atoms with Crippen LogP contribution < -0.4 is 16.3 Å². The van der Waals surface area contributed by atoms with Gasteiger partial charge in [-0.2, -0.15) is 0 Å². The zero-order chi connectivity index (χ0) is 11.5. The molecule has 16 heavy (non-hydrogen) atoms. The molecule has 1 atom stereocenters. The van der Waals surface area contributed by atoms with E-state index in [1.807, 2.05) is 0 Å². The van der Waals surface area contributed by atoms with Gasteiger partial charge in [0, 0.05) is 17.1 Å². The number of benzene rings is 1. The highest BCUT2D eigenvalue weighted by molar-refractivity contribution is 7.80. The molecule has 2 rings (SSSR count). The van der Waals surface area contributed by atoms with Gasteiger partial charge in [0.05, 0.1) is 6.67 Å². The Hall–Kier alpha value is -0.370. The van der Waals surface area contributed by atoms with Gasteiger partial charge in [-0.1, -0.05) is 17.7 Å². The summed E-state index contributed by atoms with van der Waals surface area (Å²) < 4.78 is 13.4. The van der Waals surface area contributed by atoms with Crippen LogP contribution in [0.1, 0.15) is 5.56 Å². The van der Waals surface area contributed by atoms with Crippen LogP contribution >= 0.6 is 24.2 Å². The van der Waals surface area contributed by atoms with Crippen LogP contribution in [0.15, 0.2) is 18.2 Å². The van der Waals surface area contributed by atoms with Gasteiger partial charge < -0.3 is 0 Å². The highest BCUT2D eigenvalue weighted by Gasteiger charge is 2.20. The predicted molar refractivity (Wildman–Crippen MR) is 64.0 cm³/mol. The Morgan fingerprint density at radius 2 is 2.44 bits per heavy atom. The first-order chi connectivity index (χ1) is 7.68. The Morgan fingerprint density at radius 3 is 3.06 bits per heavy atom. The van der Waals surface area contributed by atoms with E-state index < -0.39 is 0 Å². The van der Waals surface area contributed by atoms with Gasteiger partial charge in [0.1, 0.15) is 11.3 Å². The van der Waals surface area contributed by atoms with Crippen LogP contribution in [0.3, 0.4) is 0 Å². The lowest BCUT2D eigenvalue weighted by molar-refractivity contribution is 0.207. The third-order valence-electron chi connectivity index (χ3n) is 2.30. The molecular weight excluding hydrogens is 251 g/mol. The zero-order valence-corrected chi connectivity index (χ0v) is 10.0. The topological polar surface area (TPSA) is 39.3 Å². The average molecular weight is 263 g/mol. The molecule has 0 aliphatic carbocycles. The van der Waals surface area contributed by atoms with Crippen LogP contribution in [0.25, 0.3) is 0 Å². The highest BCUT2D eigenvalue weighted by atomic mass is 35.5. The van der Waals surface area contributed by atoms with E-state index in [4.69, 9.17) is 11.6 Å². The van der Waals surface area contributed by atoms with E-state index in [1.165, 1.54) is 6.07 Å². The normalized spacial score (nSPS) is 21.6. The molecule has 3 N–H and O–H groups in total. The minimum atomic E-state index is -0.309. The fourth-order valence-corrected chi connectivity index (χ4v) is 1.90. The van der Waals surface area contributed by atoms with E-state index >= 15 is 0 Å². The lowest BCUT2D eigenvalue weighted by atomic mass is 10.2. The van der Waals surface area contributed by atoms with E-state index in [-0.39, 0.29) is 11.3 Å². The Morgan fingerprint density at radius 1 is 1.62 bits per heavy atom. The summed E-state index contributed by atoms with van der Waals surface area (Å²) in [6.45, 7) is 0.909. The number of hydrazine groups is 2. The standard InChI is InChI=1S/C9H12ClFN4S/c10-7-2-1-3-8(11)6(7)4-13-15-5-12-14-9(15)16/h1-3,9,12-14,16H,4-5H2. The molecule has 0 bridgehead atoms. The molecule has 1 heterocycles. The van der Waals surface area contributed by atoms with Crippen molar-refractivity contribution in [3.05, 3.63) is 34.6 Å². The van der Waals surface area contributed by atoms with Gasteiger partial charge in [0.25, 0.3) is 0 Å². The molecule has 1 aliphatic heterocycles.